The lowest BCUT2D eigenvalue weighted by atomic mass is 9.90. The summed E-state index contributed by atoms with van der Waals surface area (Å²) < 4.78 is 36.8. The second-order valence-corrected chi connectivity index (χ2v) is 5.70. The lowest BCUT2D eigenvalue weighted by Gasteiger charge is -2.44. The van der Waals surface area contributed by atoms with Crippen molar-refractivity contribution in [3.63, 3.8) is 0 Å². The fraction of sp³-hybridized carbons (Fsp3) is 0.857. The van der Waals surface area contributed by atoms with Crippen LogP contribution in [-0.2, 0) is 9.59 Å². The van der Waals surface area contributed by atoms with Gasteiger partial charge in [-0.15, -0.1) is 0 Å². The van der Waals surface area contributed by atoms with Gasteiger partial charge in [-0.3, -0.25) is 9.59 Å². The molecule has 0 aromatic rings. The van der Waals surface area contributed by atoms with E-state index in [1.165, 1.54) is 4.90 Å². The highest BCUT2D eigenvalue weighted by atomic mass is 19.4. The summed E-state index contributed by atoms with van der Waals surface area (Å²) in [7, 11) is 0. The molecule has 4 nitrogen and oxygen atoms in total. The Morgan fingerprint density at radius 1 is 1.29 bits per heavy atom. The summed E-state index contributed by atoms with van der Waals surface area (Å²) in [5, 5.41) is 2.71. The first kappa shape index (κ1) is 17.8. The highest BCUT2D eigenvalue weighted by Gasteiger charge is 2.46. The van der Waals surface area contributed by atoms with E-state index in [1.54, 1.807) is 13.8 Å². The van der Waals surface area contributed by atoms with Gasteiger partial charge in [-0.05, 0) is 26.2 Å². The van der Waals surface area contributed by atoms with Crippen LogP contribution in [0.25, 0.3) is 0 Å². The Hall–Kier alpha value is -1.27. The minimum atomic E-state index is -4.24. The van der Waals surface area contributed by atoms with Crippen molar-refractivity contribution >= 4 is 11.8 Å². The Morgan fingerprint density at radius 3 is 2.38 bits per heavy atom. The Bertz CT molecular complexity index is 398. The van der Waals surface area contributed by atoms with E-state index in [2.05, 4.69) is 5.32 Å². The van der Waals surface area contributed by atoms with Crippen LogP contribution in [0, 0.1) is 0 Å². The number of piperazine rings is 1. The van der Waals surface area contributed by atoms with Gasteiger partial charge in [0.1, 0.15) is 11.6 Å². The summed E-state index contributed by atoms with van der Waals surface area (Å²) in [6, 6.07) is -0.657. The van der Waals surface area contributed by atoms with Gasteiger partial charge in [-0.1, -0.05) is 20.3 Å². The standard InChI is InChI=1S/C14H23F3N2O2/c1-4-7-10-11(20)18-13(3,5-2)12(21)19(10)9-6-8-14(15,16)17/h10H,4-9H2,1-3H3,(H,18,20). The summed E-state index contributed by atoms with van der Waals surface area (Å²) in [4.78, 5) is 26.0. The third-order valence-electron chi connectivity index (χ3n) is 3.94. The Kier molecular flexibility index (Phi) is 5.64. The highest BCUT2D eigenvalue weighted by molar-refractivity contribution is 5.99. The monoisotopic (exact) mass is 308 g/mol. The lowest BCUT2D eigenvalue weighted by molar-refractivity contribution is -0.157. The minimum Gasteiger partial charge on any atom is -0.340 e. The molecule has 0 bridgehead atoms. The van der Waals surface area contributed by atoms with Crippen molar-refractivity contribution in [2.45, 2.75) is 70.6 Å². The predicted molar refractivity (Wildman–Crippen MR) is 72.5 cm³/mol. The van der Waals surface area contributed by atoms with Gasteiger partial charge in [0.05, 0.1) is 0 Å². The van der Waals surface area contributed by atoms with E-state index in [4.69, 9.17) is 0 Å². The zero-order valence-electron chi connectivity index (χ0n) is 12.7. The number of nitrogens with zero attached hydrogens (tertiary/aromatic N) is 1. The van der Waals surface area contributed by atoms with Crippen molar-refractivity contribution in [2.24, 2.45) is 0 Å². The van der Waals surface area contributed by atoms with Crippen LogP contribution in [0.4, 0.5) is 13.2 Å². The summed E-state index contributed by atoms with van der Waals surface area (Å²) in [6.07, 6.45) is -3.81. The van der Waals surface area contributed by atoms with Gasteiger partial charge < -0.3 is 10.2 Å². The molecular formula is C14H23F3N2O2. The van der Waals surface area contributed by atoms with E-state index in [0.29, 0.717) is 19.3 Å². The van der Waals surface area contributed by atoms with E-state index in [9.17, 15) is 22.8 Å². The molecule has 0 radical (unpaired) electrons. The average Bonchev–Trinajstić information content (AvgIpc) is 2.38. The smallest absolute Gasteiger partial charge is 0.340 e. The molecule has 122 valence electrons. The van der Waals surface area contributed by atoms with E-state index in [1.807, 2.05) is 6.92 Å². The zero-order valence-corrected chi connectivity index (χ0v) is 12.7. The highest BCUT2D eigenvalue weighted by Crippen LogP contribution is 2.26. The van der Waals surface area contributed by atoms with Crippen molar-refractivity contribution in [2.75, 3.05) is 6.54 Å². The number of amides is 2. The van der Waals surface area contributed by atoms with E-state index >= 15 is 0 Å². The topological polar surface area (TPSA) is 49.4 Å². The van der Waals surface area contributed by atoms with Gasteiger partial charge in [0.15, 0.2) is 0 Å². The predicted octanol–water partition coefficient (Wildman–Crippen LogP) is 2.62. The summed E-state index contributed by atoms with van der Waals surface area (Å²) in [6.45, 7) is 5.23. The molecule has 0 aromatic heterocycles. The second-order valence-electron chi connectivity index (χ2n) is 5.70. The summed E-state index contributed by atoms with van der Waals surface area (Å²) in [5.41, 5.74) is -1.01. The molecule has 1 aliphatic rings. The largest absolute Gasteiger partial charge is 0.389 e. The van der Waals surface area contributed by atoms with Crippen molar-refractivity contribution < 1.29 is 22.8 Å². The first-order valence-electron chi connectivity index (χ1n) is 7.34. The molecule has 1 aliphatic heterocycles. The third-order valence-corrected chi connectivity index (χ3v) is 3.94. The minimum absolute atomic E-state index is 0.0357. The van der Waals surface area contributed by atoms with Crippen LogP contribution in [0.15, 0.2) is 0 Å². The van der Waals surface area contributed by atoms with Crippen LogP contribution in [0.5, 0.6) is 0 Å². The van der Waals surface area contributed by atoms with Gasteiger partial charge in [-0.25, -0.2) is 0 Å². The fourth-order valence-electron chi connectivity index (χ4n) is 2.52. The summed E-state index contributed by atoms with van der Waals surface area (Å²) in [5.74, 6) is -0.557. The maximum absolute atomic E-state index is 12.5. The first-order chi connectivity index (χ1) is 9.64. The number of alkyl halides is 3. The van der Waals surface area contributed by atoms with Crippen LogP contribution in [0.2, 0.25) is 0 Å². The number of carbonyl (C=O) groups is 2. The molecule has 2 atom stereocenters. The van der Waals surface area contributed by atoms with E-state index in [-0.39, 0.29) is 24.8 Å². The number of nitrogens with one attached hydrogen (secondary N) is 1. The van der Waals surface area contributed by atoms with Crippen LogP contribution in [0.3, 0.4) is 0 Å². The molecule has 0 saturated carbocycles. The van der Waals surface area contributed by atoms with E-state index < -0.39 is 24.2 Å². The van der Waals surface area contributed by atoms with Crippen LogP contribution < -0.4 is 5.32 Å². The van der Waals surface area contributed by atoms with E-state index in [0.717, 1.165) is 0 Å². The Morgan fingerprint density at radius 2 is 1.90 bits per heavy atom. The molecule has 1 rings (SSSR count). The molecule has 1 fully saturated rings. The van der Waals surface area contributed by atoms with Crippen molar-refractivity contribution in [3.05, 3.63) is 0 Å². The second kappa shape index (κ2) is 6.66. The maximum Gasteiger partial charge on any atom is 0.389 e. The van der Waals surface area contributed by atoms with Crippen LogP contribution in [0.1, 0.15) is 52.9 Å². The number of carbonyl (C=O) groups excluding carboxylic acids is 2. The van der Waals surface area contributed by atoms with Crippen LogP contribution in [-0.4, -0.2) is 41.0 Å². The van der Waals surface area contributed by atoms with Crippen molar-refractivity contribution in [1.82, 2.24) is 10.2 Å². The van der Waals surface area contributed by atoms with Gasteiger partial charge in [-0.2, -0.15) is 13.2 Å². The number of hydrogen-bond donors (Lipinski definition) is 1. The lowest BCUT2D eigenvalue weighted by Crippen LogP contribution is -2.69. The van der Waals surface area contributed by atoms with Gasteiger partial charge in [0.25, 0.3) is 0 Å². The Labute approximate surface area is 123 Å². The summed E-state index contributed by atoms with van der Waals surface area (Å²) >= 11 is 0. The van der Waals surface area contributed by atoms with Gasteiger partial charge >= 0.3 is 6.18 Å². The fourth-order valence-corrected chi connectivity index (χ4v) is 2.52. The number of hydrogen-bond acceptors (Lipinski definition) is 2. The maximum atomic E-state index is 12.5. The van der Waals surface area contributed by atoms with Crippen LogP contribution >= 0.6 is 0 Å². The first-order valence-corrected chi connectivity index (χ1v) is 7.34. The average molecular weight is 308 g/mol. The SMILES string of the molecule is CCCC1C(=O)NC(C)(CC)C(=O)N1CCCC(F)(F)F. The third kappa shape index (κ3) is 4.35. The van der Waals surface area contributed by atoms with Crippen molar-refractivity contribution in [1.29, 1.82) is 0 Å². The molecule has 21 heavy (non-hydrogen) atoms. The molecule has 0 aliphatic carbocycles. The molecule has 0 aromatic carbocycles. The molecule has 7 heteroatoms. The molecule has 0 spiro atoms. The number of rotatable bonds is 6. The normalized spacial score (nSPS) is 27.0. The molecular weight excluding hydrogens is 285 g/mol. The molecule has 1 N–H and O–H groups in total. The van der Waals surface area contributed by atoms with Crippen molar-refractivity contribution in [3.8, 4) is 0 Å². The number of halogens is 3. The zero-order chi connectivity index (χ0) is 16.3. The molecule has 2 unspecified atom stereocenters. The molecule has 1 saturated heterocycles. The molecule has 2 amide bonds. The van der Waals surface area contributed by atoms with Gasteiger partial charge in [0, 0.05) is 13.0 Å². The molecule has 1 heterocycles. The van der Waals surface area contributed by atoms with Gasteiger partial charge in [0.2, 0.25) is 11.8 Å². The Balaban J connectivity index is 2.85. The quantitative estimate of drug-likeness (QED) is 0.820.